The first-order valence-corrected chi connectivity index (χ1v) is 8.57. The molecule has 0 radical (unpaired) electrons. The van der Waals surface area contributed by atoms with E-state index in [0.29, 0.717) is 18.0 Å². The zero-order valence-corrected chi connectivity index (χ0v) is 14.7. The molecule has 4 heteroatoms. The minimum absolute atomic E-state index is 0.123. The van der Waals surface area contributed by atoms with Crippen molar-refractivity contribution in [2.24, 2.45) is 0 Å². The van der Waals surface area contributed by atoms with E-state index >= 15 is 0 Å². The van der Waals surface area contributed by atoms with Crippen molar-refractivity contribution in [3.63, 3.8) is 0 Å². The van der Waals surface area contributed by atoms with E-state index in [0.717, 1.165) is 16.8 Å². The Kier molecular flexibility index (Phi) is 5.88. The van der Waals surface area contributed by atoms with Crippen LogP contribution in [0.25, 0.3) is 0 Å². The zero-order chi connectivity index (χ0) is 18.2. The molecular formula is C22H22N2O2. The summed E-state index contributed by atoms with van der Waals surface area (Å²) in [5.41, 5.74) is 3.82. The molecule has 3 rings (SSSR count). The Morgan fingerprint density at radius 3 is 2.50 bits per heavy atom. The van der Waals surface area contributed by atoms with Gasteiger partial charge in [-0.05, 0) is 42.3 Å². The average molecular weight is 346 g/mol. The van der Waals surface area contributed by atoms with Gasteiger partial charge in [-0.3, -0.25) is 4.79 Å². The molecule has 3 aromatic carbocycles. The number of carbonyl (C=O) groups is 1. The van der Waals surface area contributed by atoms with Crippen LogP contribution in [0.2, 0.25) is 0 Å². The maximum atomic E-state index is 12.3. The lowest BCUT2D eigenvalue weighted by molar-refractivity contribution is -0.114. The van der Waals surface area contributed by atoms with Gasteiger partial charge in [-0.2, -0.15) is 0 Å². The molecule has 3 aromatic rings. The monoisotopic (exact) mass is 346 g/mol. The molecule has 0 aromatic heterocycles. The fourth-order valence-electron chi connectivity index (χ4n) is 2.56. The highest BCUT2D eigenvalue weighted by molar-refractivity contribution is 5.95. The maximum absolute atomic E-state index is 12.3. The Morgan fingerprint density at radius 2 is 1.69 bits per heavy atom. The van der Waals surface area contributed by atoms with E-state index in [1.165, 1.54) is 0 Å². The predicted molar refractivity (Wildman–Crippen MR) is 106 cm³/mol. The molecule has 0 aliphatic rings. The molecule has 0 saturated carbocycles. The molecule has 26 heavy (non-hydrogen) atoms. The summed E-state index contributed by atoms with van der Waals surface area (Å²) in [4.78, 5) is 12.3. The van der Waals surface area contributed by atoms with Crippen molar-refractivity contribution in [3.05, 3.63) is 90.0 Å². The van der Waals surface area contributed by atoms with Gasteiger partial charge >= 0.3 is 0 Å². The number of rotatable bonds is 7. The van der Waals surface area contributed by atoms with Crippen LogP contribution in [0.5, 0.6) is 5.75 Å². The standard InChI is InChI=1S/C22H22N2O2/c1-17-8-7-11-19(14-17)23-15-22(25)24-20-12-5-6-13-21(20)26-16-18-9-3-2-4-10-18/h2-14,23H,15-16H2,1H3,(H,24,25). The lowest BCUT2D eigenvalue weighted by Gasteiger charge is -2.13. The minimum atomic E-state index is -0.123. The number of anilines is 2. The molecule has 0 saturated heterocycles. The quantitative estimate of drug-likeness (QED) is 0.656. The van der Waals surface area contributed by atoms with Gasteiger partial charge in [-0.15, -0.1) is 0 Å². The molecule has 0 fully saturated rings. The molecule has 0 spiro atoms. The molecule has 0 atom stereocenters. The Hall–Kier alpha value is -3.27. The number of amides is 1. The third-order valence-corrected chi connectivity index (χ3v) is 3.87. The van der Waals surface area contributed by atoms with Gasteiger partial charge in [-0.25, -0.2) is 0 Å². The van der Waals surface area contributed by atoms with Crippen LogP contribution in [0.15, 0.2) is 78.9 Å². The number of hydrogen-bond acceptors (Lipinski definition) is 3. The molecule has 0 heterocycles. The number of ether oxygens (including phenoxy) is 1. The number of aryl methyl sites for hydroxylation is 1. The first kappa shape index (κ1) is 17.5. The first-order valence-electron chi connectivity index (χ1n) is 8.57. The molecule has 0 aliphatic heterocycles. The van der Waals surface area contributed by atoms with Gasteiger partial charge in [0.1, 0.15) is 12.4 Å². The van der Waals surface area contributed by atoms with Gasteiger partial charge < -0.3 is 15.4 Å². The highest BCUT2D eigenvalue weighted by atomic mass is 16.5. The smallest absolute Gasteiger partial charge is 0.243 e. The molecule has 0 aliphatic carbocycles. The molecule has 132 valence electrons. The Balaban J connectivity index is 1.58. The van der Waals surface area contributed by atoms with Crippen molar-refractivity contribution in [1.82, 2.24) is 0 Å². The molecule has 1 amide bonds. The van der Waals surface area contributed by atoms with E-state index in [1.807, 2.05) is 85.8 Å². The van der Waals surface area contributed by atoms with Crippen molar-refractivity contribution in [3.8, 4) is 5.75 Å². The molecular weight excluding hydrogens is 324 g/mol. The lowest BCUT2D eigenvalue weighted by Crippen LogP contribution is -2.22. The van der Waals surface area contributed by atoms with Gasteiger partial charge in [0.05, 0.1) is 12.2 Å². The normalized spacial score (nSPS) is 10.2. The van der Waals surface area contributed by atoms with Crippen LogP contribution in [0, 0.1) is 6.92 Å². The predicted octanol–water partition coefficient (Wildman–Crippen LogP) is 4.62. The number of benzene rings is 3. The summed E-state index contributed by atoms with van der Waals surface area (Å²) in [6, 6.07) is 25.3. The lowest BCUT2D eigenvalue weighted by atomic mass is 10.2. The largest absolute Gasteiger partial charge is 0.487 e. The van der Waals surface area contributed by atoms with Crippen molar-refractivity contribution in [2.75, 3.05) is 17.2 Å². The van der Waals surface area contributed by atoms with Gasteiger partial charge in [0, 0.05) is 5.69 Å². The van der Waals surface area contributed by atoms with E-state index in [1.54, 1.807) is 0 Å². The van der Waals surface area contributed by atoms with Crippen LogP contribution in [0.3, 0.4) is 0 Å². The molecule has 2 N–H and O–H groups in total. The van der Waals surface area contributed by atoms with Crippen LogP contribution < -0.4 is 15.4 Å². The minimum Gasteiger partial charge on any atom is -0.487 e. The third kappa shape index (κ3) is 5.11. The Morgan fingerprint density at radius 1 is 0.923 bits per heavy atom. The second-order valence-electron chi connectivity index (χ2n) is 6.04. The number of carbonyl (C=O) groups excluding carboxylic acids is 1. The van der Waals surface area contributed by atoms with Crippen LogP contribution in [0.1, 0.15) is 11.1 Å². The number of nitrogens with one attached hydrogen (secondary N) is 2. The van der Waals surface area contributed by atoms with Crippen molar-refractivity contribution in [1.29, 1.82) is 0 Å². The fourth-order valence-corrected chi connectivity index (χ4v) is 2.56. The number of para-hydroxylation sites is 2. The van der Waals surface area contributed by atoms with E-state index in [-0.39, 0.29) is 12.5 Å². The first-order chi connectivity index (χ1) is 12.7. The van der Waals surface area contributed by atoms with Crippen LogP contribution >= 0.6 is 0 Å². The van der Waals surface area contributed by atoms with Crippen LogP contribution in [-0.4, -0.2) is 12.5 Å². The second kappa shape index (κ2) is 8.72. The third-order valence-electron chi connectivity index (χ3n) is 3.87. The van der Waals surface area contributed by atoms with Crippen LogP contribution in [0.4, 0.5) is 11.4 Å². The molecule has 4 nitrogen and oxygen atoms in total. The van der Waals surface area contributed by atoms with Gasteiger partial charge in [0.2, 0.25) is 5.91 Å². The fraction of sp³-hybridized carbons (Fsp3) is 0.136. The summed E-state index contributed by atoms with van der Waals surface area (Å²) < 4.78 is 5.87. The van der Waals surface area contributed by atoms with Gasteiger partial charge in [0.25, 0.3) is 0 Å². The second-order valence-corrected chi connectivity index (χ2v) is 6.04. The van der Waals surface area contributed by atoms with Crippen molar-refractivity contribution in [2.45, 2.75) is 13.5 Å². The van der Waals surface area contributed by atoms with Crippen molar-refractivity contribution < 1.29 is 9.53 Å². The summed E-state index contributed by atoms with van der Waals surface area (Å²) in [6.45, 7) is 2.66. The highest BCUT2D eigenvalue weighted by Gasteiger charge is 2.08. The summed E-state index contributed by atoms with van der Waals surface area (Å²) in [6.07, 6.45) is 0. The molecule has 0 unspecified atom stereocenters. The van der Waals surface area contributed by atoms with Crippen LogP contribution in [-0.2, 0) is 11.4 Å². The number of hydrogen-bond donors (Lipinski definition) is 2. The van der Waals surface area contributed by atoms with Gasteiger partial charge in [0.15, 0.2) is 0 Å². The van der Waals surface area contributed by atoms with E-state index < -0.39 is 0 Å². The van der Waals surface area contributed by atoms with E-state index in [9.17, 15) is 4.79 Å². The molecule has 0 bridgehead atoms. The van der Waals surface area contributed by atoms with E-state index in [4.69, 9.17) is 4.74 Å². The Labute approximate surface area is 153 Å². The van der Waals surface area contributed by atoms with Crippen molar-refractivity contribution >= 4 is 17.3 Å². The van der Waals surface area contributed by atoms with Gasteiger partial charge in [-0.1, -0.05) is 54.6 Å². The zero-order valence-electron chi connectivity index (χ0n) is 14.7. The highest BCUT2D eigenvalue weighted by Crippen LogP contribution is 2.24. The summed E-state index contributed by atoms with van der Waals surface area (Å²) in [5.74, 6) is 0.530. The Bertz CT molecular complexity index is 863. The van der Waals surface area contributed by atoms with E-state index in [2.05, 4.69) is 10.6 Å². The SMILES string of the molecule is Cc1cccc(NCC(=O)Nc2ccccc2OCc2ccccc2)c1. The average Bonchev–Trinajstić information content (AvgIpc) is 2.67. The topological polar surface area (TPSA) is 50.4 Å². The maximum Gasteiger partial charge on any atom is 0.243 e. The summed E-state index contributed by atoms with van der Waals surface area (Å²) in [7, 11) is 0. The summed E-state index contributed by atoms with van der Waals surface area (Å²) in [5, 5.41) is 6.04. The summed E-state index contributed by atoms with van der Waals surface area (Å²) >= 11 is 0.